The van der Waals surface area contributed by atoms with Gasteiger partial charge in [-0.1, -0.05) is 18.2 Å². The molecule has 0 fully saturated rings. The maximum atomic E-state index is 11.9. The fraction of sp³-hybridized carbons (Fsp3) is 0. The molecule has 0 spiro atoms. The van der Waals surface area contributed by atoms with Gasteiger partial charge in [0.1, 0.15) is 0 Å². The summed E-state index contributed by atoms with van der Waals surface area (Å²) < 4.78 is 0. The lowest BCUT2D eigenvalue weighted by molar-refractivity contribution is 0.262. The van der Waals surface area contributed by atoms with Crippen molar-refractivity contribution in [2.75, 3.05) is 16.0 Å². The maximum absolute atomic E-state index is 11.9. The van der Waals surface area contributed by atoms with Crippen molar-refractivity contribution in [1.29, 1.82) is 0 Å². The van der Waals surface area contributed by atoms with Crippen LogP contribution in [0.3, 0.4) is 0 Å². The van der Waals surface area contributed by atoms with Gasteiger partial charge in [-0.2, -0.15) is 0 Å². The van der Waals surface area contributed by atoms with Crippen LogP contribution in [0.5, 0.6) is 0 Å². The molecule has 0 saturated heterocycles. The largest absolute Gasteiger partial charge is 0.356 e. The van der Waals surface area contributed by atoms with Crippen molar-refractivity contribution in [1.82, 2.24) is 4.98 Å². The number of rotatable bonds is 4. The zero-order valence-corrected chi connectivity index (χ0v) is 12.4. The van der Waals surface area contributed by atoms with Crippen molar-refractivity contribution in [3.63, 3.8) is 0 Å². The van der Waals surface area contributed by atoms with E-state index in [1.54, 1.807) is 24.5 Å². The third-order valence-electron chi connectivity index (χ3n) is 3.14. The zero-order chi connectivity index (χ0) is 15.9. The van der Waals surface area contributed by atoms with Crippen LogP contribution in [0.2, 0.25) is 0 Å². The Hall–Kier alpha value is -3.34. The highest BCUT2D eigenvalue weighted by Crippen LogP contribution is 2.18. The molecule has 0 unspecified atom stereocenters. The van der Waals surface area contributed by atoms with Crippen molar-refractivity contribution in [3.8, 4) is 0 Å². The Bertz CT molecular complexity index is 758. The summed E-state index contributed by atoms with van der Waals surface area (Å²) in [6, 6.07) is 20.6. The van der Waals surface area contributed by atoms with Gasteiger partial charge in [0.15, 0.2) is 0 Å². The van der Waals surface area contributed by atoms with E-state index in [4.69, 9.17) is 0 Å². The molecule has 114 valence electrons. The summed E-state index contributed by atoms with van der Waals surface area (Å²) in [7, 11) is 0. The first-order valence-corrected chi connectivity index (χ1v) is 7.20. The summed E-state index contributed by atoms with van der Waals surface area (Å²) in [5.74, 6) is 0. The third kappa shape index (κ3) is 4.31. The van der Waals surface area contributed by atoms with Crippen molar-refractivity contribution >= 4 is 28.8 Å². The fourth-order valence-electron chi connectivity index (χ4n) is 2.05. The quantitative estimate of drug-likeness (QED) is 0.666. The Morgan fingerprint density at radius 2 is 1.17 bits per heavy atom. The van der Waals surface area contributed by atoms with Crippen molar-refractivity contribution in [2.45, 2.75) is 0 Å². The predicted octanol–water partition coefficient (Wildman–Crippen LogP) is 4.47. The van der Waals surface area contributed by atoms with Crippen LogP contribution in [-0.4, -0.2) is 11.0 Å². The van der Waals surface area contributed by atoms with Crippen LogP contribution in [0, 0.1) is 0 Å². The average molecular weight is 304 g/mol. The van der Waals surface area contributed by atoms with Gasteiger partial charge >= 0.3 is 6.03 Å². The molecule has 5 nitrogen and oxygen atoms in total. The summed E-state index contributed by atoms with van der Waals surface area (Å²) in [5, 5.41) is 8.81. The van der Waals surface area contributed by atoms with Crippen LogP contribution in [0.25, 0.3) is 0 Å². The molecule has 0 saturated carbocycles. The number of aromatic nitrogens is 1. The Morgan fingerprint density at radius 3 is 1.83 bits per heavy atom. The van der Waals surface area contributed by atoms with E-state index < -0.39 is 0 Å². The first-order chi connectivity index (χ1) is 11.3. The number of urea groups is 1. The number of hydrogen-bond acceptors (Lipinski definition) is 3. The van der Waals surface area contributed by atoms with Gasteiger partial charge in [0.05, 0.1) is 0 Å². The molecular weight excluding hydrogens is 288 g/mol. The number of para-hydroxylation sites is 1. The molecule has 2 amide bonds. The molecule has 3 N–H and O–H groups in total. The number of carbonyl (C=O) groups excluding carboxylic acids is 1. The van der Waals surface area contributed by atoms with Gasteiger partial charge in [-0.3, -0.25) is 4.98 Å². The molecule has 1 aromatic heterocycles. The van der Waals surface area contributed by atoms with Gasteiger partial charge < -0.3 is 16.0 Å². The van der Waals surface area contributed by atoms with Crippen molar-refractivity contribution < 1.29 is 4.79 Å². The molecule has 0 bridgehead atoms. The molecule has 5 heteroatoms. The van der Waals surface area contributed by atoms with Crippen LogP contribution in [0.1, 0.15) is 0 Å². The second kappa shape index (κ2) is 7.09. The SMILES string of the molecule is O=C(Nc1ccncc1)Nc1ccc(Nc2ccccc2)cc1. The minimum absolute atomic E-state index is 0.292. The number of nitrogens with zero attached hydrogens (tertiary/aromatic N) is 1. The van der Waals surface area contributed by atoms with Gasteiger partial charge in [0.25, 0.3) is 0 Å². The van der Waals surface area contributed by atoms with Gasteiger partial charge in [0, 0.05) is 35.1 Å². The molecule has 3 rings (SSSR count). The highest BCUT2D eigenvalue weighted by molar-refractivity contribution is 5.99. The molecule has 1 heterocycles. The van der Waals surface area contributed by atoms with Crippen LogP contribution in [0.4, 0.5) is 27.5 Å². The second-order valence-electron chi connectivity index (χ2n) is 4.88. The minimum Gasteiger partial charge on any atom is -0.356 e. The van der Waals surface area contributed by atoms with E-state index >= 15 is 0 Å². The molecule has 2 aromatic carbocycles. The molecule has 0 aliphatic heterocycles. The number of amides is 2. The van der Waals surface area contributed by atoms with E-state index in [1.807, 2.05) is 54.6 Å². The molecule has 23 heavy (non-hydrogen) atoms. The number of pyridine rings is 1. The number of anilines is 4. The summed E-state index contributed by atoms with van der Waals surface area (Å²) in [4.78, 5) is 15.8. The topological polar surface area (TPSA) is 66.0 Å². The van der Waals surface area contributed by atoms with E-state index in [-0.39, 0.29) is 6.03 Å². The average Bonchev–Trinajstić information content (AvgIpc) is 2.58. The fourth-order valence-corrected chi connectivity index (χ4v) is 2.05. The van der Waals surface area contributed by atoms with Gasteiger partial charge in [-0.15, -0.1) is 0 Å². The van der Waals surface area contributed by atoms with Crippen LogP contribution >= 0.6 is 0 Å². The summed E-state index contributed by atoms with van der Waals surface area (Å²) in [5.41, 5.74) is 3.38. The number of benzene rings is 2. The first kappa shape index (κ1) is 14.6. The Balaban J connectivity index is 1.58. The van der Waals surface area contributed by atoms with Crippen LogP contribution in [0.15, 0.2) is 79.1 Å². The highest BCUT2D eigenvalue weighted by Gasteiger charge is 2.02. The lowest BCUT2D eigenvalue weighted by Gasteiger charge is -2.09. The predicted molar refractivity (Wildman–Crippen MR) is 93.0 cm³/mol. The molecule has 0 aliphatic rings. The van der Waals surface area contributed by atoms with Crippen LogP contribution in [-0.2, 0) is 0 Å². The molecule has 0 aliphatic carbocycles. The summed E-state index contributed by atoms with van der Waals surface area (Å²) >= 11 is 0. The monoisotopic (exact) mass is 304 g/mol. The van der Waals surface area contributed by atoms with Gasteiger partial charge in [-0.05, 0) is 48.5 Å². The lowest BCUT2D eigenvalue weighted by atomic mass is 10.2. The normalized spacial score (nSPS) is 9.91. The van der Waals surface area contributed by atoms with E-state index in [0.717, 1.165) is 17.1 Å². The van der Waals surface area contributed by atoms with Crippen LogP contribution < -0.4 is 16.0 Å². The summed E-state index contributed by atoms with van der Waals surface area (Å²) in [6.07, 6.45) is 3.25. The van der Waals surface area contributed by atoms with Gasteiger partial charge in [-0.25, -0.2) is 4.79 Å². The molecule has 0 atom stereocenters. The standard InChI is InChI=1S/C18H16N4O/c23-18(22-17-10-12-19-13-11-17)21-16-8-6-15(7-9-16)20-14-4-2-1-3-5-14/h1-13,20H,(H2,19,21,22,23). The van der Waals surface area contributed by atoms with E-state index in [1.165, 1.54) is 0 Å². The van der Waals surface area contributed by atoms with E-state index in [9.17, 15) is 4.79 Å². The number of carbonyl (C=O) groups is 1. The second-order valence-corrected chi connectivity index (χ2v) is 4.88. The molecule has 3 aromatic rings. The Morgan fingerprint density at radius 1 is 0.652 bits per heavy atom. The number of hydrogen-bond donors (Lipinski definition) is 3. The van der Waals surface area contributed by atoms with E-state index in [2.05, 4.69) is 20.9 Å². The smallest absolute Gasteiger partial charge is 0.323 e. The van der Waals surface area contributed by atoms with E-state index in [0.29, 0.717) is 5.69 Å². The first-order valence-electron chi connectivity index (χ1n) is 7.20. The Labute approximate surface area is 134 Å². The maximum Gasteiger partial charge on any atom is 0.323 e. The van der Waals surface area contributed by atoms with Gasteiger partial charge in [0.2, 0.25) is 0 Å². The lowest BCUT2D eigenvalue weighted by Crippen LogP contribution is -2.19. The number of nitrogens with one attached hydrogen (secondary N) is 3. The highest BCUT2D eigenvalue weighted by atomic mass is 16.2. The zero-order valence-electron chi connectivity index (χ0n) is 12.4. The third-order valence-corrected chi connectivity index (χ3v) is 3.14. The summed E-state index contributed by atoms with van der Waals surface area (Å²) in [6.45, 7) is 0. The molecular formula is C18H16N4O. The van der Waals surface area contributed by atoms with Crippen molar-refractivity contribution in [2.24, 2.45) is 0 Å². The minimum atomic E-state index is -0.292. The van der Waals surface area contributed by atoms with Crippen molar-refractivity contribution in [3.05, 3.63) is 79.1 Å². The Kier molecular flexibility index (Phi) is 4.49. The molecule has 0 radical (unpaired) electrons.